The van der Waals surface area contributed by atoms with Crippen LogP contribution in [0.5, 0.6) is 0 Å². The highest BCUT2D eigenvalue weighted by Gasteiger charge is 2.25. The average Bonchev–Trinajstić information content (AvgIpc) is 2.15. The number of amides is 1. The first-order chi connectivity index (χ1) is 6.92. The molecule has 0 bridgehead atoms. The summed E-state index contributed by atoms with van der Waals surface area (Å²) in [6, 6.07) is 0. The summed E-state index contributed by atoms with van der Waals surface area (Å²) in [5, 5.41) is 0. The molecule has 1 radical (unpaired) electrons. The zero-order chi connectivity index (χ0) is 11.5. The van der Waals surface area contributed by atoms with Crippen molar-refractivity contribution in [3.05, 3.63) is 6.54 Å². The van der Waals surface area contributed by atoms with Gasteiger partial charge in [0.25, 0.3) is 0 Å². The summed E-state index contributed by atoms with van der Waals surface area (Å²) in [7, 11) is 0. The molecule has 87 valence electrons. The summed E-state index contributed by atoms with van der Waals surface area (Å²) in [6.07, 6.45) is -0.196. The molecule has 0 aromatic rings. The highest BCUT2D eigenvalue weighted by Crippen LogP contribution is 2.11. The van der Waals surface area contributed by atoms with Crippen LogP contribution in [0.2, 0.25) is 0 Å². The molecule has 1 fully saturated rings. The smallest absolute Gasteiger partial charge is 0.410 e. The van der Waals surface area contributed by atoms with Crippen molar-refractivity contribution in [2.75, 3.05) is 26.2 Å². The van der Waals surface area contributed by atoms with Crippen LogP contribution in [0.1, 0.15) is 27.7 Å². The van der Waals surface area contributed by atoms with E-state index in [0.29, 0.717) is 0 Å². The fraction of sp³-hybridized carbons (Fsp3) is 0.818. The third-order valence-corrected chi connectivity index (χ3v) is 2.33. The molecule has 0 aliphatic carbocycles. The van der Waals surface area contributed by atoms with Crippen LogP contribution in [-0.2, 0) is 4.74 Å². The number of hydrogen-bond donors (Lipinski definition) is 0. The van der Waals surface area contributed by atoms with Crippen LogP contribution in [0.15, 0.2) is 0 Å². The Morgan fingerprint density at radius 3 is 2.13 bits per heavy atom. The van der Waals surface area contributed by atoms with Gasteiger partial charge in [-0.1, -0.05) is 0 Å². The first kappa shape index (κ1) is 12.3. The largest absolute Gasteiger partial charge is 0.444 e. The van der Waals surface area contributed by atoms with Crippen LogP contribution in [-0.4, -0.2) is 47.7 Å². The second-order valence-corrected chi connectivity index (χ2v) is 4.76. The second kappa shape index (κ2) is 4.84. The summed E-state index contributed by atoms with van der Waals surface area (Å²) < 4.78 is 5.30. The first-order valence-corrected chi connectivity index (χ1v) is 5.44. The van der Waals surface area contributed by atoms with Crippen molar-refractivity contribution < 1.29 is 9.53 Å². The number of ether oxygens (including phenoxy) is 1. The van der Waals surface area contributed by atoms with Gasteiger partial charge in [0.15, 0.2) is 0 Å². The molecule has 15 heavy (non-hydrogen) atoms. The van der Waals surface area contributed by atoms with Crippen LogP contribution in [0.3, 0.4) is 0 Å². The number of hydrogen-bond acceptors (Lipinski definition) is 3. The molecule has 1 heterocycles. The molecule has 1 saturated heterocycles. The van der Waals surface area contributed by atoms with Gasteiger partial charge in [-0.15, -0.1) is 0 Å². The summed E-state index contributed by atoms with van der Waals surface area (Å²) in [4.78, 5) is 15.7. The van der Waals surface area contributed by atoms with Gasteiger partial charge in [0.05, 0.1) is 0 Å². The summed E-state index contributed by atoms with van der Waals surface area (Å²) in [5.74, 6) is 0. The van der Waals surface area contributed by atoms with E-state index >= 15 is 0 Å². The van der Waals surface area contributed by atoms with E-state index in [-0.39, 0.29) is 6.09 Å². The maximum atomic E-state index is 11.7. The molecule has 0 aromatic carbocycles. The molecule has 0 atom stereocenters. The Kier molecular flexibility index (Phi) is 3.97. The molecule has 1 amide bonds. The van der Waals surface area contributed by atoms with Gasteiger partial charge in [0.1, 0.15) is 5.60 Å². The lowest BCUT2D eigenvalue weighted by Crippen LogP contribution is -2.48. The minimum Gasteiger partial charge on any atom is -0.444 e. The second-order valence-electron chi connectivity index (χ2n) is 4.76. The molecule has 0 spiro atoms. The van der Waals surface area contributed by atoms with Crippen LogP contribution in [0, 0.1) is 6.54 Å². The van der Waals surface area contributed by atoms with E-state index in [2.05, 4.69) is 11.4 Å². The predicted octanol–water partition coefficient (Wildman–Crippen LogP) is 1.72. The number of carbonyl (C=O) groups excluding carboxylic acids is 1. The van der Waals surface area contributed by atoms with E-state index in [1.807, 2.05) is 27.7 Å². The minimum atomic E-state index is -0.398. The van der Waals surface area contributed by atoms with Gasteiger partial charge in [-0.05, 0) is 27.7 Å². The average molecular weight is 213 g/mol. The van der Waals surface area contributed by atoms with Crippen molar-refractivity contribution in [2.45, 2.75) is 33.3 Å². The number of piperazine rings is 1. The molecule has 0 saturated carbocycles. The third-order valence-electron chi connectivity index (χ3n) is 2.33. The van der Waals surface area contributed by atoms with Gasteiger partial charge in [0, 0.05) is 32.7 Å². The van der Waals surface area contributed by atoms with Crippen LogP contribution >= 0.6 is 0 Å². The maximum absolute atomic E-state index is 11.7. The lowest BCUT2D eigenvalue weighted by molar-refractivity contribution is 0.0166. The quantitative estimate of drug-likeness (QED) is 0.665. The topological polar surface area (TPSA) is 32.8 Å². The lowest BCUT2D eigenvalue weighted by Gasteiger charge is -2.34. The fourth-order valence-electron chi connectivity index (χ4n) is 1.49. The third kappa shape index (κ3) is 4.08. The Bertz CT molecular complexity index is 215. The maximum Gasteiger partial charge on any atom is 0.410 e. The van der Waals surface area contributed by atoms with Gasteiger partial charge in [-0.25, -0.2) is 4.79 Å². The van der Waals surface area contributed by atoms with E-state index < -0.39 is 5.60 Å². The number of carbonyl (C=O) groups is 1. The van der Waals surface area contributed by atoms with Crippen molar-refractivity contribution >= 4 is 6.09 Å². The Balaban J connectivity index is 2.37. The van der Waals surface area contributed by atoms with E-state index in [0.717, 1.165) is 26.2 Å². The van der Waals surface area contributed by atoms with E-state index in [1.54, 1.807) is 4.90 Å². The molecule has 4 nitrogen and oxygen atoms in total. The van der Waals surface area contributed by atoms with Gasteiger partial charge in [-0.2, -0.15) is 0 Å². The highest BCUT2D eigenvalue weighted by atomic mass is 16.6. The summed E-state index contributed by atoms with van der Waals surface area (Å²) in [5.41, 5.74) is -0.398. The Morgan fingerprint density at radius 2 is 1.73 bits per heavy atom. The number of rotatable bonds is 1. The highest BCUT2D eigenvalue weighted by molar-refractivity contribution is 5.68. The number of nitrogens with zero attached hydrogens (tertiary/aromatic N) is 2. The zero-order valence-electron chi connectivity index (χ0n) is 10.1. The Hall–Kier alpha value is -0.770. The SMILES string of the molecule is C[CH]N1CCN(C(=O)OC(C)(C)C)CC1. The summed E-state index contributed by atoms with van der Waals surface area (Å²) >= 11 is 0. The van der Waals surface area contributed by atoms with Crippen LogP contribution < -0.4 is 0 Å². The zero-order valence-corrected chi connectivity index (χ0v) is 10.1. The molecule has 0 N–H and O–H groups in total. The van der Waals surface area contributed by atoms with E-state index in [1.165, 1.54) is 0 Å². The van der Waals surface area contributed by atoms with Crippen LogP contribution in [0.25, 0.3) is 0 Å². The Morgan fingerprint density at radius 1 is 1.20 bits per heavy atom. The molecule has 1 rings (SSSR count). The van der Waals surface area contributed by atoms with E-state index in [4.69, 9.17) is 4.74 Å². The van der Waals surface area contributed by atoms with Crippen LogP contribution in [0.4, 0.5) is 4.79 Å². The van der Waals surface area contributed by atoms with Crippen molar-refractivity contribution in [2.24, 2.45) is 0 Å². The molecule has 0 aromatic heterocycles. The molecule has 4 heteroatoms. The van der Waals surface area contributed by atoms with E-state index in [9.17, 15) is 4.79 Å². The first-order valence-electron chi connectivity index (χ1n) is 5.44. The normalized spacial score (nSPS) is 19.1. The van der Waals surface area contributed by atoms with Gasteiger partial charge >= 0.3 is 6.09 Å². The fourth-order valence-corrected chi connectivity index (χ4v) is 1.49. The van der Waals surface area contributed by atoms with Gasteiger partial charge in [-0.3, -0.25) is 4.90 Å². The van der Waals surface area contributed by atoms with Crippen molar-refractivity contribution in [3.63, 3.8) is 0 Å². The summed E-state index contributed by atoms with van der Waals surface area (Å²) in [6.45, 7) is 13.0. The standard InChI is InChI=1S/C11H21N2O2/c1-5-12-6-8-13(9-7-12)10(14)15-11(2,3)4/h5H,6-9H2,1-4H3. The molecular weight excluding hydrogens is 192 g/mol. The molecule has 1 aliphatic rings. The Labute approximate surface area is 92.2 Å². The van der Waals surface area contributed by atoms with Crippen molar-refractivity contribution in [1.82, 2.24) is 9.80 Å². The van der Waals surface area contributed by atoms with Crippen molar-refractivity contribution in [3.8, 4) is 0 Å². The minimum absolute atomic E-state index is 0.196. The molecule has 0 unspecified atom stereocenters. The lowest BCUT2D eigenvalue weighted by atomic mass is 10.2. The molecule has 1 aliphatic heterocycles. The monoisotopic (exact) mass is 213 g/mol. The predicted molar refractivity (Wildman–Crippen MR) is 59.4 cm³/mol. The van der Waals surface area contributed by atoms with Gasteiger partial charge < -0.3 is 9.64 Å². The molecular formula is C11H21N2O2. The van der Waals surface area contributed by atoms with Gasteiger partial charge in [0.2, 0.25) is 0 Å². The van der Waals surface area contributed by atoms with Crippen molar-refractivity contribution in [1.29, 1.82) is 0 Å².